The molecule has 4 aliphatic heterocycles. The van der Waals surface area contributed by atoms with E-state index in [2.05, 4.69) is 70.3 Å². The molecule has 0 saturated heterocycles. The summed E-state index contributed by atoms with van der Waals surface area (Å²) in [6, 6.07) is 47.5. The highest BCUT2D eigenvalue weighted by molar-refractivity contribution is 5.77. The molecule has 0 amide bonds. The molecular weight excluding hydrogens is 1040 g/mol. The van der Waals surface area contributed by atoms with Crippen LogP contribution in [-0.4, -0.2) is 35.8 Å². The molecule has 6 aromatic rings. The quantitative estimate of drug-likeness (QED) is 0.0328. The number of rotatable bonds is 19. The molecule has 10 rings (SSSR count). The summed E-state index contributed by atoms with van der Waals surface area (Å²) >= 11 is 0. The Hall–Kier alpha value is -8.64. The Morgan fingerprint density at radius 1 is 0.506 bits per heavy atom. The minimum atomic E-state index is -0.352. The van der Waals surface area contributed by atoms with E-state index >= 15 is 0 Å². The van der Waals surface area contributed by atoms with Crippen molar-refractivity contribution in [3.63, 3.8) is 0 Å². The molecule has 12 heteroatoms. The van der Waals surface area contributed by atoms with Gasteiger partial charge >= 0.3 is 35.8 Å². The standard InChI is InChI=1S/C25H28O4.C23H26O4.C23H24O4/c1-4-10-21(20-13-8-7-9-14-20)22-17-19(18-28-24(26)11-5-2)15-16-23(22)29-25(27)12-6-3;2*1-2-8-19(18-9-4-3-5-10-18)20-15-17-13-14-21(20)27-23(25)12-7-6-11-22(24)26-16-17/h5-9,13-17,21H,2-4,10-12,18H2,1H3;3-5,9-10,13-15,19H,2,6-8,11-12,16H2,1H3;3-7,9-10,13-15,19H,2,8,11-12,16H2,1H3. The van der Waals surface area contributed by atoms with Gasteiger partial charge in [0, 0.05) is 47.3 Å². The fourth-order valence-electron chi connectivity index (χ4n) is 9.90. The molecule has 4 bridgehead atoms. The summed E-state index contributed by atoms with van der Waals surface area (Å²) in [6.45, 7) is 14.2. The molecule has 0 aliphatic carbocycles. The van der Waals surface area contributed by atoms with Crippen LogP contribution < -0.4 is 14.2 Å². The van der Waals surface area contributed by atoms with E-state index < -0.39 is 0 Å². The molecule has 0 spiro atoms. The Labute approximate surface area is 489 Å². The van der Waals surface area contributed by atoms with Gasteiger partial charge in [-0.25, -0.2) is 0 Å². The zero-order valence-corrected chi connectivity index (χ0v) is 48.2. The first-order valence-electron chi connectivity index (χ1n) is 28.9. The summed E-state index contributed by atoms with van der Waals surface area (Å²) in [6.07, 6.45) is 14.6. The Kier molecular flexibility index (Phi) is 26.5. The predicted octanol–water partition coefficient (Wildman–Crippen LogP) is 15.8. The van der Waals surface area contributed by atoms with Gasteiger partial charge < -0.3 is 28.4 Å². The van der Waals surface area contributed by atoms with Gasteiger partial charge in [0.2, 0.25) is 0 Å². The Morgan fingerprint density at radius 2 is 0.952 bits per heavy atom. The van der Waals surface area contributed by atoms with Gasteiger partial charge in [0.15, 0.2) is 0 Å². The SMILES string of the molecule is C=CCC(=O)OCc1ccc(OC(=O)CC=C)c(C(CCC)c2ccccc2)c1.CCCC(c1ccccc1)c1cc2ccc1OC(=O)CC=CCC(=O)OC2.CCCC(c1ccccc1)c1cc2ccc1OC(=O)CCCCC(=O)OC2. The lowest BCUT2D eigenvalue weighted by Crippen LogP contribution is -2.11. The van der Waals surface area contributed by atoms with Gasteiger partial charge in [-0.1, -0.05) is 174 Å². The summed E-state index contributed by atoms with van der Waals surface area (Å²) in [5.74, 6) is 0.217. The van der Waals surface area contributed by atoms with E-state index in [-0.39, 0.29) is 99.1 Å². The van der Waals surface area contributed by atoms with Gasteiger partial charge in [-0.05, 0) is 102 Å². The zero-order valence-electron chi connectivity index (χ0n) is 48.2. The Morgan fingerprint density at radius 3 is 1.45 bits per heavy atom. The van der Waals surface area contributed by atoms with Crippen molar-refractivity contribution in [1.82, 2.24) is 0 Å². The van der Waals surface area contributed by atoms with Crippen molar-refractivity contribution in [2.45, 2.75) is 148 Å². The lowest BCUT2D eigenvalue weighted by atomic mass is 9.86. The van der Waals surface area contributed by atoms with Crippen molar-refractivity contribution in [3.05, 3.63) is 233 Å². The van der Waals surface area contributed by atoms with Gasteiger partial charge in [-0.3, -0.25) is 28.8 Å². The van der Waals surface area contributed by atoms with Crippen LogP contribution >= 0.6 is 0 Å². The molecule has 0 N–H and O–H groups in total. The van der Waals surface area contributed by atoms with E-state index in [1.54, 1.807) is 18.2 Å². The topological polar surface area (TPSA) is 158 Å². The molecule has 3 unspecified atom stereocenters. The molecule has 4 heterocycles. The molecule has 83 heavy (non-hydrogen) atoms. The Bertz CT molecular complexity index is 3110. The third kappa shape index (κ3) is 20.7. The number of ether oxygens (including phenoxy) is 6. The van der Waals surface area contributed by atoms with E-state index in [4.69, 9.17) is 28.4 Å². The highest BCUT2D eigenvalue weighted by atomic mass is 16.6. The van der Waals surface area contributed by atoms with Gasteiger partial charge in [0.25, 0.3) is 0 Å². The largest absolute Gasteiger partial charge is 0.461 e. The molecule has 0 fully saturated rings. The highest BCUT2D eigenvalue weighted by Gasteiger charge is 2.24. The molecule has 0 radical (unpaired) electrons. The molecule has 6 aromatic carbocycles. The van der Waals surface area contributed by atoms with Gasteiger partial charge in [-0.2, -0.15) is 0 Å². The first kappa shape index (κ1) is 63.5. The highest BCUT2D eigenvalue weighted by Crippen LogP contribution is 2.40. The van der Waals surface area contributed by atoms with Crippen molar-refractivity contribution in [1.29, 1.82) is 0 Å². The molecule has 12 nitrogen and oxygen atoms in total. The first-order valence-corrected chi connectivity index (χ1v) is 28.9. The lowest BCUT2D eigenvalue weighted by Gasteiger charge is -2.21. The van der Waals surface area contributed by atoms with E-state index in [0.717, 1.165) is 77.5 Å². The maximum absolute atomic E-state index is 12.3. The smallest absolute Gasteiger partial charge is 0.315 e. The third-order valence-electron chi connectivity index (χ3n) is 13.9. The van der Waals surface area contributed by atoms with Crippen molar-refractivity contribution < 1.29 is 57.2 Å². The number of hydrogen-bond acceptors (Lipinski definition) is 12. The van der Waals surface area contributed by atoms with Crippen LogP contribution in [0.3, 0.4) is 0 Å². The molecule has 0 aromatic heterocycles. The van der Waals surface area contributed by atoms with Crippen LogP contribution in [0.5, 0.6) is 17.2 Å². The molecular formula is C71H78O12. The van der Waals surface area contributed by atoms with E-state index in [1.165, 1.54) is 23.3 Å². The normalized spacial score (nSPS) is 14.5. The summed E-state index contributed by atoms with van der Waals surface area (Å²) in [5, 5.41) is 0. The average molecular weight is 1120 g/mol. The van der Waals surface area contributed by atoms with Gasteiger partial charge in [0.1, 0.15) is 37.1 Å². The van der Waals surface area contributed by atoms with Gasteiger partial charge in [0.05, 0.1) is 25.7 Å². The van der Waals surface area contributed by atoms with Crippen LogP contribution in [-0.2, 0) is 62.8 Å². The van der Waals surface area contributed by atoms with Crippen LogP contribution in [0.4, 0.5) is 0 Å². The van der Waals surface area contributed by atoms with Crippen LogP contribution in [0.1, 0.15) is 178 Å². The fraction of sp³-hybridized carbons (Fsp3) is 0.324. The summed E-state index contributed by atoms with van der Waals surface area (Å²) in [5.41, 5.74) is 9.00. The lowest BCUT2D eigenvalue weighted by molar-refractivity contribution is -0.145. The zero-order chi connectivity index (χ0) is 59.2. The van der Waals surface area contributed by atoms with E-state index in [9.17, 15) is 28.8 Å². The number of fused-ring (bicyclic) bond motifs is 19. The second kappa shape index (κ2) is 34.6. The van der Waals surface area contributed by atoms with Crippen LogP contribution in [0.25, 0.3) is 0 Å². The number of benzene rings is 6. The summed E-state index contributed by atoms with van der Waals surface area (Å²) in [7, 11) is 0. The minimum absolute atomic E-state index is 0.0663. The summed E-state index contributed by atoms with van der Waals surface area (Å²) < 4.78 is 33.1. The number of carbonyl (C=O) groups is 6. The minimum Gasteiger partial charge on any atom is -0.461 e. The van der Waals surface area contributed by atoms with Crippen molar-refractivity contribution in [2.75, 3.05) is 0 Å². The Balaban J connectivity index is 0.000000200. The second-order valence-electron chi connectivity index (χ2n) is 20.3. The second-order valence-corrected chi connectivity index (χ2v) is 20.3. The van der Waals surface area contributed by atoms with Crippen LogP contribution in [0, 0.1) is 0 Å². The monoisotopic (exact) mass is 1120 g/mol. The van der Waals surface area contributed by atoms with Crippen molar-refractivity contribution in [2.24, 2.45) is 0 Å². The molecule has 3 atom stereocenters. The van der Waals surface area contributed by atoms with E-state index in [1.807, 2.05) is 103 Å². The number of carbonyl (C=O) groups excluding carboxylic acids is 6. The number of hydrogen-bond donors (Lipinski definition) is 0. The maximum atomic E-state index is 12.3. The van der Waals surface area contributed by atoms with Crippen molar-refractivity contribution in [3.8, 4) is 17.2 Å². The molecule has 434 valence electrons. The molecule has 0 saturated carbocycles. The summed E-state index contributed by atoms with van der Waals surface area (Å²) in [4.78, 5) is 72.0. The predicted molar refractivity (Wildman–Crippen MR) is 322 cm³/mol. The molecule has 4 aliphatic rings. The van der Waals surface area contributed by atoms with Crippen molar-refractivity contribution >= 4 is 35.8 Å². The fourth-order valence-corrected chi connectivity index (χ4v) is 9.90. The third-order valence-corrected chi connectivity index (χ3v) is 13.9. The average Bonchev–Trinajstić information content (AvgIpc) is 3.77. The van der Waals surface area contributed by atoms with Crippen LogP contribution in [0.15, 0.2) is 183 Å². The maximum Gasteiger partial charge on any atom is 0.315 e. The van der Waals surface area contributed by atoms with E-state index in [0.29, 0.717) is 42.9 Å². The van der Waals surface area contributed by atoms with Crippen LogP contribution in [0.2, 0.25) is 0 Å². The first-order chi connectivity index (χ1) is 40.4. The number of esters is 6. The van der Waals surface area contributed by atoms with Gasteiger partial charge in [-0.15, -0.1) is 13.2 Å².